The Morgan fingerprint density at radius 2 is 2.30 bits per heavy atom. The molecule has 0 bridgehead atoms. The van der Waals surface area contributed by atoms with Gasteiger partial charge in [-0.2, -0.15) is 0 Å². The third-order valence-electron chi connectivity index (χ3n) is 4.09. The number of amides is 2. The van der Waals surface area contributed by atoms with Crippen LogP contribution in [0.2, 0.25) is 0 Å². The van der Waals surface area contributed by atoms with E-state index in [0.29, 0.717) is 18.0 Å². The average molecular weight is 323 g/mol. The molecule has 23 heavy (non-hydrogen) atoms. The van der Waals surface area contributed by atoms with Crippen molar-refractivity contribution in [3.05, 3.63) is 24.0 Å². The number of halogens is 1. The maximum absolute atomic E-state index is 13.1. The molecule has 128 valence electrons. The number of ether oxygens (including phenoxy) is 1. The number of methoxy groups -OCH3 is 1. The minimum Gasteiger partial charge on any atom is -0.494 e. The van der Waals surface area contributed by atoms with Crippen molar-refractivity contribution in [2.45, 2.75) is 26.2 Å². The van der Waals surface area contributed by atoms with Gasteiger partial charge in [-0.05, 0) is 50.4 Å². The molecule has 0 aromatic heterocycles. The van der Waals surface area contributed by atoms with Crippen LogP contribution in [0.4, 0.5) is 14.9 Å². The van der Waals surface area contributed by atoms with E-state index in [9.17, 15) is 9.18 Å². The van der Waals surface area contributed by atoms with E-state index in [1.807, 2.05) is 0 Å². The van der Waals surface area contributed by atoms with Crippen molar-refractivity contribution >= 4 is 11.7 Å². The Bertz CT molecular complexity index is 525. The fourth-order valence-corrected chi connectivity index (χ4v) is 2.93. The Balaban J connectivity index is 1.69. The first-order chi connectivity index (χ1) is 11.1. The number of carbonyl (C=O) groups excluding carboxylic acids is 1. The van der Waals surface area contributed by atoms with Gasteiger partial charge in [0.2, 0.25) is 0 Å². The third kappa shape index (κ3) is 5.71. The number of hydrogen-bond acceptors (Lipinski definition) is 3. The molecule has 1 fully saturated rings. The predicted octanol–water partition coefficient (Wildman–Crippen LogP) is 3.08. The summed E-state index contributed by atoms with van der Waals surface area (Å²) in [7, 11) is 1.44. The SMILES string of the molecule is COc1cc(F)ccc1NC(=O)NCCCN1CCC[C@@H](C)C1. The van der Waals surface area contributed by atoms with E-state index < -0.39 is 5.82 Å². The predicted molar refractivity (Wildman–Crippen MR) is 89.4 cm³/mol. The summed E-state index contributed by atoms with van der Waals surface area (Å²) >= 11 is 0. The quantitative estimate of drug-likeness (QED) is 0.791. The van der Waals surface area contributed by atoms with Crippen LogP contribution in [0.3, 0.4) is 0 Å². The lowest BCUT2D eigenvalue weighted by atomic mass is 10.0. The highest BCUT2D eigenvalue weighted by Gasteiger charge is 2.15. The molecule has 1 aliphatic rings. The highest BCUT2D eigenvalue weighted by molar-refractivity contribution is 5.90. The van der Waals surface area contributed by atoms with Crippen LogP contribution >= 0.6 is 0 Å². The van der Waals surface area contributed by atoms with Crippen LogP contribution in [-0.4, -0.2) is 44.2 Å². The molecule has 2 amide bonds. The second-order valence-corrected chi connectivity index (χ2v) is 6.13. The van der Waals surface area contributed by atoms with Crippen LogP contribution in [0.1, 0.15) is 26.2 Å². The zero-order valence-electron chi connectivity index (χ0n) is 13.9. The summed E-state index contributed by atoms with van der Waals surface area (Å²) in [6.07, 6.45) is 3.50. The Kier molecular flexibility index (Phi) is 6.65. The van der Waals surface area contributed by atoms with Crippen LogP contribution < -0.4 is 15.4 Å². The monoisotopic (exact) mass is 323 g/mol. The molecule has 0 unspecified atom stereocenters. The van der Waals surface area contributed by atoms with Gasteiger partial charge in [0.05, 0.1) is 12.8 Å². The molecule has 0 radical (unpaired) electrons. The molecule has 1 aliphatic heterocycles. The Hall–Kier alpha value is -1.82. The zero-order chi connectivity index (χ0) is 16.7. The van der Waals surface area contributed by atoms with Gasteiger partial charge < -0.3 is 20.3 Å². The molecule has 1 heterocycles. The van der Waals surface area contributed by atoms with E-state index in [2.05, 4.69) is 22.5 Å². The number of anilines is 1. The van der Waals surface area contributed by atoms with Gasteiger partial charge in [0.15, 0.2) is 0 Å². The van der Waals surface area contributed by atoms with E-state index in [-0.39, 0.29) is 6.03 Å². The average Bonchev–Trinajstić information content (AvgIpc) is 2.53. The van der Waals surface area contributed by atoms with Gasteiger partial charge in [-0.1, -0.05) is 6.92 Å². The Labute approximate surface area is 137 Å². The molecule has 2 N–H and O–H groups in total. The summed E-state index contributed by atoms with van der Waals surface area (Å²) in [5.74, 6) is 0.678. The molecule has 0 aliphatic carbocycles. The number of likely N-dealkylation sites (tertiary alicyclic amines) is 1. The molecule has 5 nitrogen and oxygen atoms in total. The maximum atomic E-state index is 13.1. The second-order valence-electron chi connectivity index (χ2n) is 6.13. The highest BCUT2D eigenvalue weighted by atomic mass is 19.1. The number of urea groups is 1. The number of hydrogen-bond donors (Lipinski definition) is 2. The first-order valence-electron chi connectivity index (χ1n) is 8.19. The number of rotatable bonds is 6. The van der Waals surface area contributed by atoms with E-state index >= 15 is 0 Å². The standard InChI is InChI=1S/C17H26FN3O2/c1-13-5-3-9-21(12-13)10-4-8-19-17(22)20-15-7-6-14(18)11-16(15)23-2/h6-7,11,13H,3-5,8-10,12H2,1-2H3,(H2,19,20,22)/t13-/m1/s1. The first kappa shape index (κ1) is 17.5. The van der Waals surface area contributed by atoms with Gasteiger partial charge in [0.1, 0.15) is 11.6 Å². The topological polar surface area (TPSA) is 53.6 Å². The fraction of sp³-hybridized carbons (Fsp3) is 0.588. The lowest BCUT2D eigenvalue weighted by Crippen LogP contribution is -2.37. The normalized spacial score (nSPS) is 18.5. The van der Waals surface area contributed by atoms with Crippen LogP contribution in [0.25, 0.3) is 0 Å². The molecule has 1 aromatic rings. The van der Waals surface area contributed by atoms with Gasteiger partial charge in [-0.25, -0.2) is 9.18 Å². The fourth-order valence-electron chi connectivity index (χ4n) is 2.93. The number of benzene rings is 1. The molecular weight excluding hydrogens is 297 g/mol. The largest absolute Gasteiger partial charge is 0.494 e. The number of nitrogens with zero attached hydrogens (tertiary/aromatic N) is 1. The zero-order valence-corrected chi connectivity index (χ0v) is 13.9. The Morgan fingerprint density at radius 3 is 3.04 bits per heavy atom. The van der Waals surface area contributed by atoms with Crippen molar-refractivity contribution < 1.29 is 13.9 Å². The maximum Gasteiger partial charge on any atom is 0.319 e. The molecule has 0 saturated carbocycles. The van der Waals surface area contributed by atoms with Crippen molar-refractivity contribution in [2.24, 2.45) is 5.92 Å². The van der Waals surface area contributed by atoms with E-state index in [1.54, 1.807) is 0 Å². The number of nitrogens with one attached hydrogen (secondary N) is 2. The van der Waals surface area contributed by atoms with Crippen LogP contribution in [0, 0.1) is 11.7 Å². The van der Waals surface area contributed by atoms with E-state index in [4.69, 9.17) is 4.74 Å². The van der Waals surface area contributed by atoms with Crippen LogP contribution in [0.5, 0.6) is 5.75 Å². The van der Waals surface area contributed by atoms with Crippen molar-refractivity contribution in [3.63, 3.8) is 0 Å². The summed E-state index contributed by atoms with van der Waals surface area (Å²) in [5, 5.41) is 5.50. The summed E-state index contributed by atoms with van der Waals surface area (Å²) in [5.41, 5.74) is 0.455. The van der Waals surface area contributed by atoms with Crippen molar-refractivity contribution in [1.82, 2.24) is 10.2 Å². The molecule has 6 heteroatoms. The lowest BCUT2D eigenvalue weighted by molar-refractivity contribution is 0.182. The molecular formula is C17H26FN3O2. The summed E-state index contributed by atoms with van der Waals surface area (Å²) in [6.45, 7) is 6.21. The third-order valence-corrected chi connectivity index (χ3v) is 4.09. The molecule has 1 aromatic carbocycles. The lowest BCUT2D eigenvalue weighted by Gasteiger charge is -2.30. The van der Waals surface area contributed by atoms with Gasteiger partial charge >= 0.3 is 6.03 Å². The van der Waals surface area contributed by atoms with Gasteiger partial charge in [-0.15, -0.1) is 0 Å². The summed E-state index contributed by atoms with van der Waals surface area (Å²) < 4.78 is 18.2. The van der Waals surface area contributed by atoms with E-state index in [0.717, 1.165) is 32.0 Å². The molecule has 0 spiro atoms. The highest BCUT2D eigenvalue weighted by Crippen LogP contribution is 2.24. The van der Waals surface area contributed by atoms with E-state index in [1.165, 1.54) is 38.2 Å². The van der Waals surface area contributed by atoms with Crippen molar-refractivity contribution in [1.29, 1.82) is 0 Å². The molecule has 1 atom stereocenters. The molecule has 2 rings (SSSR count). The second kappa shape index (κ2) is 8.72. The smallest absolute Gasteiger partial charge is 0.319 e. The summed E-state index contributed by atoms with van der Waals surface area (Å²) in [6, 6.07) is 3.72. The number of piperidine rings is 1. The first-order valence-corrected chi connectivity index (χ1v) is 8.19. The molecule has 1 saturated heterocycles. The van der Waals surface area contributed by atoms with Gasteiger partial charge in [-0.3, -0.25) is 0 Å². The van der Waals surface area contributed by atoms with Crippen molar-refractivity contribution in [2.75, 3.05) is 38.6 Å². The Morgan fingerprint density at radius 1 is 1.48 bits per heavy atom. The minimum absolute atomic E-state index is 0.304. The van der Waals surface area contributed by atoms with Crippen LogP contribution in [-0.2, 0) is 0 Å². The number of carbonyl (C=O) groups is 1. The van der Waals surface area contributed by atoms with Gasteiger partial charge in [0, 0.05) is 19.2 Å². The van der Waals surface area contributed by atoms with Gasteiger partial charge in [0.25, 0.3) is 0 Å². The summed E-state index contributed by atoms with van der Waals surface area (Å²) in [4.78, 5) is 14.3. The minimum atomic E-state index is -0.399. The van der Waals surface area contributed by atoms with Crippen LogP contribution in [0.15, 0.2) is 18.2 Å². The van der Waals surface area contributed by atoms with Crippen molar-refractivity contribution in [3.8, 4) is 5.75 Å².